The zero-order valence-electron chi connectivity index (χ0n) is 14.2. The summed E-state index contributed by atoms with van der Waals surface area (Å²) in [5.74, 6) is 1.32. The highest BCUT2D eigenvalue weighted by Gasteiger charge is 2.24. The molecule has 0 saturated carbocycles. The fraction of sp³-hybridized carbons (Fsp3) is 0.588. The minimum atomic E-state index is -0.238. The first-order valence-electron chi connectivity index (χ1n) is 8.31. The van der Waals surface area contributed by atoms with Crippen LogP contribution in [0.4, 0.5) is 0 Å². The minimum absolute atomic E-state index is 0.0503. The predicted octanol–water partition coefficient (Wildman–Crippen LogP) is 3.47. The van der Waals surface area contributed by atoms with Gasteiger partial charge in [0.2, 0.25) is 0 Å². The summed E-state index contributed by atoms with van der Waals surface area (Å²) in [6, 6.07) is 0. The van der Waals surface area contributed by atoms with Crippen molar-refractivity contribution >= 4 is 39.3 Å². The van der Waals surface area contributed by atoms with Gasteiger partial charge in [0, 0.05) is 4.88 Å². The van der Waals surface area contributed by atoms with Gasteiger partial charge in [-0.2, -0.15) is 0 Å². The molecule has 0 radical (unpaired) electrons. The number of thioether (sulfide) groups is 1. The maximum absolute atomic E-state index is 12.6. The van der Waals surface area contributed by atoms with E-state index in [1.807, 2.05) is 6.92 Å². The average molecular weight is 367 g/mol. The molecule has 24 heavy (non-hydrogen) atoms. The lowest BCUT2D eigenvalue weighted by Gasteiger charge is -2.17. The number of H-pyrrole nitrogens is 1. The van der Waals surface area contributed by atoms with Crippen molar-refractivity contribution in [2.45, 2.75) is 45.3 Å². The number of rotatable bonds is 5. The molecule has 3 rings (SSSR count). The Kier molecular flexibility index (Phi) is 5.30. The molecule has 1 aliphatic rings. The maximum Gasteiger partial charge on any atom is 0.315 e. The first kappa shape index (κ1) is 17.5. The number of esters is 1. The lowest BCUT2D eigenvalue weighted by atomic mass is 9.89. The molecule has 2 atom stereocenters. The van der Waals surface area contributed by atoms with Crippen molar-refractivity contribution in [2.75, 3.05) is 12.4 Å². The standard InChI is InChI=1S/C17H22N2O3S2/c1-4-22-13(20)8-23-10(3)15-18-16(21)14-11-6-5-9(2)7-12(11)24-17(14)19-15/h9-10H,4-8H2,1-3H3,(H,18,19,21)/t9-,10+/m0/s1. The van der Waals surface area contributed by atoms with E-state index in [4.69, 9.17) is 4.74 Å². The summed E-state index contributed by atoms with van der Waals surface area (Å²) >= 11 is 3.08. The van der Waals surface area contributed by atoms with Crippen molar-refractivity contribution in [3.63, 3.8) is 0 Å². The van der Waals surface area contributed by atoms with Gasteiger partial charge in [0.1, 0.15) is 10.7 Å². The highest BCUT2D eigenvalue weighted by molar-refractivity contribution is 8.00. The SMILES string of the molecule is CCOC(=O)CS[C@H](C)c1nc2sc3c(c2c(=O)[nH]1)CC[C@H](C)C3. The molecule has 0 aliphatic heterocycles. The van der Waals surface area contributed by atoms with Crippen LogP contribution in [0, 0.1) is 5.92 Å². The highest BCUT2D eigenvalue weighted by Crippen LogP contribution is 2.36. The van der Waals surface area contributed by atoms with Crippen LogP contribution in [0.5, 0.6) is 0 Å². The van der Waals surface area contributed by atoms with Crippen molar-refractivity contribution in [1.82, 2.24) is 9.97 Å². The summed E-state index contributed by atoms with van der Waals surface area (Å²) in [6.07, 6.45) is 3.14. The molecule has 130 valence electrons. The number of aromatic nitrogens is 2. The van der Waals surface area contributed by atoms with Gasteiger partial charge in [-0.1, -0.05) is 6.92 Å². The first-order valence-corrected chi connectivity index (χ1v) is 10.2. The highest BCUT2D eigenvalue weighted by atomic mass is 32.2. The molecule has 0 aromatic carbocycles. The topological polar surface area (TPSA) is 72.0 Å². The van der Waals surface area contributed by atoms with Crippen molar-refractivity contribution < 1.29 is 9.53 Å². The van der Waals surface area contributed by atoms with Gasteiger partial charge in [0.05, 0.1) is 23.0 Å². The quantitative estimate of drug-likeness (QED) is 0.821. The van der Waals surface area contributed by atoms with Gasteiger partial charge in [0.25, 0.3) is 5.56 Å². The Labute approximate surface area is 149 Å². The number of fused-ring (bicyclic) bond motifs is 3. The molecule has 7 heteroatoms. The predicted molar refractivity (Wildman–Crippen MR) is 98.9 cm³/mol. The Bertz CT molecular complexity index is 812. The van der Waals surface area contributed by atoms with E-state index in [1.54, 1.807) is 18.3 Å². The van der Waals surface area contributed by atoms with Crippen LogP contribution in [-0.2, 0) is 22.4 Å². The van der Waals surface area contributed by atoms with E-state index < -0.39 is 0 Å². The van der Waals surface area contributed by atoms with Crippen LogP contribution in [0.3, 0.4) is 0 Å². The smallest absolute Gasteiger partial charge is 0.315 e. The number of carbonyl (C=O) groups excluding carboxylic acids is 1. The molecule has 2 heterocycles. The third kappa shape index (κ3) is 3.52. The molecule has 0 saturated heterocycles. The lowest BCUT2D eigenvalue weighted by Crippen LogP contribution is -2.16. The van der Waals surface area contributed by atoms with Gasteiger partial charge in [-0.25, -0.2) is 4.98 Å². The fourth-order valence-corrected chi connectivity index (χ4v) is 5.16. The Hall–Kier alpha value is -1.34. The Morgan fingerprint density at radius 1 is 1.54 bits per heavy atom. The van der Waals surface area contributed by atoms with Gasteiger partial charge < -0.3 is 9.72 Å². The molecule has 0 bridgehead atoms. The Balaban J connectivity index is 1.85. The summed E-state index contributed by atoms with van der Waals surface area (Å²) in [5, 5.41) is 0.706. The van der Waals surface area contributed by atoms with Gasteiger partial charge in [-0.15, -0.1) is 23.1 Å². The second-order valence-electron chi connectivity index (χ2n) is 6.24. The van der Waals surface area contributed by atoms with Crippen LogP contribution in [0.1, 0.15) is 48.7 Å². The molecule has 2 aromatic rings. The third-order valence-electron chi connectivity index (χ3n) is 4.33. The summed E-state index contributed by atoms with van der Waals surface area (Å²) in [5.41, 5.74) is 1.14. The zero-order chi connectivity index (χ0) is 17.3. The van der Waals surface area contributed by atoms with Crippen LogP contribution in [-0.4, -0.2) is 28.3 Å². The van der Waals surface area contributed by atoms with Crippen molar-refractivity contribution in [3.05, 3.63) is 26.6 Å². The molecule has 2 aromatic heterocycles. The first-order chi connectivity index (χ1) is 11.5. The van der Waals surface area contributed by atoms with E-state index in [-0.39, 0.29) is 22.5 Å². The third-order valence-corrected chi connectivity index (χ3v) is 6.60. The van der Waals surface area contributed by atoms with Crippen LogP contribution >= 0.6 is 23.1 Å². The zero-order valence-corrected chi connectivity index (χ0v) is 15.8. The summed E-state index contributed by atoms with van der Waals surface area (Å²) in [6.45, 7) is 6.38. The van der Waals surface area contributed by atoms with E-state index in [0.717, 1.165) is 29.5 Å². The van der Waals surface area contributed by atoms with E-state index >= 15 is 0 Å². The molecule has 5 nitrogen and oxygen atoms in total. The molecule has 0 fully saturated rings. The number of ether oxygens (including phenoxy) is 1. The maximum atomic E-state index is 12.6. The molecule has 0 spiro atoms. The molecular formula is C17H22N2O3S2. The number of nitrogens with zero attached hydrogens (tertiary/aromatic N) is 1. The van der Waals surface area contributed by atoms with Gasteiger partial charge in [-0.3, -0.25) is 9.59 Å². The largest absolute Gasteiger partial charge is 0.465 e. The van der Waals surface area contributed by atoms with E-state index in [9.17, 15) is 9.59 Å². The number of nitrogens with one attached hydrogen (secondary N) is 1. The fourth-order valence-electron chi connectivity index (χ4n) is 3.03. The van der Waals surface area contributed by atoms with Crippen molar-refractivity contribution in [3.8, 4) is 0 Å². The molecule has 1 aliphatic carbocycles. The van der Waals surface area contributed by atoms with Gasteiger partial charge >= 0.3 is 5.97 Å². The Morgan fingerprint density at radius 3 is 3.08 bits per heavy atom. The number of aryl methyl sites for hydroxylation is 1. The molecular weight excluding hydrogens is 344 g/mol. The second-order valence-corrected chi connectivity index (χ2v) is 8.65. The van der Waals surface area contributed by atoms with Crippen LogP contribution in [0.2, 0.25) is 0 Å². The average Bonchev–Trinajstić information content (AvgIpc) is 2.90. The molecule has 0 amide bonds. The van der Waals surface area contributed by atoms with Crippen molar-refractivity contribution in [1.29, 1.82) is 0 Å². The molecule has 0 unspecified atom stereocenters. The summed E-state index contributed by atoms with van der Waals surface area (Å²) < 4.78 is 4.94. The van der Waals surface area contributed by atoms with Crippen LogP contribution in [0.15, 0.2) is 4.79 Å². The van der Waals surface area contributed by atoms with Crippen LogP contribution < -0.4 is 5.56 Å². The number of thiophene rings is 1. The monoisotopic (exact) mass is 366 g/mol. The minimum Gasteiger partial charge on any atom is -0.465 e. The summed E-state index contributed by atoms with van der Waals surface area (Å²) in [4.78, 5) is 33.8. The van der Waals surface area contributed by atoms with Crippen LogP contribution in [0.25, 0.3) is 10.2 Å². The number of carbonyl (C=O) groups is 1. The summed E-state index contributed by atoms with van der Waals surface area (Å²) in [7, 11) is 0. The van der Waals surface area contributed by atoms with E-state index in [2.05, 4.69) is 16.9 Å². The van der Waals surface area contributed by atoms with Crippen molar-refractivity contribution in [2.24, 2.45) is 5.92 Å². The lowest BCUT2D eigenvalue weighted by molar-refractivity contribution is -0.139. The Morgan fingerprint density at radius 2 is 2.33 bits per heavy atom. The number of aromatic amines is 1. The number of hydrogen-bond acceptors (Lipinski definition) is 6. The normalized spacial score (nSPS) is 18.4. The van der Waals surface area contributed by atoms with E-state index in [0.29, 0.717) is 18.3 Å². The van der Waals surface area contributed by atoms with Gasteiger partial charge in [-0.05, 0) is 44.6 Å². The molecule has 1 N–H and O–H groups in total. The van der Waals surface area contributed by atoms with Gasteiger partial charge in [0.15, 0.2) is 0 Å². The van der Waals surface area contributed by atoms with E-state index in [1.165, 1.54) is 22.2 Å². The second kappa shape index (κ2) is 7.27. The number of hydrogen-bond donors (Lipinski definition) is 1.